The fourth-order valence-electron chi connectivity index (χ4n) is 4.49. The summed E-state index contributed by atoms with van der Waals surface area (Å²) in [5.41, 5.74) is 1.28. The van der Waals surface area contributed by atoms with Crippen LogP contribution in [0.1, 0.15) is 55.3 Å². The lowest BCUT2D eigenvalue weighted by Crippen LogP contribution is -2.43. The smallest absolute Gasteiger partial charge is 0.224 e. The Morgan fingerprint density at radius 3 is 2.72 bits per heavy atom. The van der Waals surface area contributed by atoms with Crippen LogP contribution in [0, 0.1) is 19.8 Å². The quantitative estimate of drug-likeness (QED) is 0.780. The first-order chi connectivity index (χ1) is 14.1. The summed E-state index contributed by atoms with van der Waals surface area (Å²) in [6, 6.07) is 0. The topological polar surface area (TPSA) is 61.4 Å². The van der Waals surface area contributed by atoms with Gasteiger partial charge in [-0.25, -0.2) is 9.97 Å². The van der Waals surface area contributed by atoms with Gasteiger partial charge < -0.3 is 10.2 Å². The first-order valence-corrected chi connectivity index (χ1v) is 11.9. The van der Waals surface area contributed by atoms with E-state index in [-0.39, 0.29) is 11.8 Å². The van der Waals surface area contributed by atoms with Gasteiger partial charge in [-0.05, 0) is 64.6 Å². The summed E-state index contributed by atoms with van der Waals surface area (Å²) in [4.78, 5) is 29.8. The summed E-state index contributed by atoms with van der Waals surface area (Å²) >= 11 is 1.77. The Labute approximate surface area is 177 Å². The molecule has 2 aliphatic rings. The van der Waals surface area contributed by atoms with E-state index in [1.165, 1.54) is 28.7 Å². The van der Waals surface area contributed by atoms with Crippen LogP contribution in [0.15, 0.2) is 0 Å². The van der Waals surface area contributed by atoms with Crippen molar-refractivity contribution in [2.75, 3.05) is 37.6 Å². The number of fused-ring (bicyclic) bond motifs is 1. The number of aryl methyl sites for hydroxylation is 2. The van der Waals surface area contributed by atoms with Crippen molar-refractivity contribution in [3.05, 3.63) is 16.3 Å². The molecule has 2 fully saturated rings. The lowest BCUT2D eigenvalue weighted by molar-refractivity contribution is -0.125. The largest absolute Gasteiger partial charge is 0.356 e. The minimum atomic E-state index is 0.0439. The third kappa shape index (κ3) is 4.40. The Balaban J connectivity index is 1.64. The van der Waals surface area contributed by atoms with Gasteiger partial charge >= 0.3 is 0 Å². The zero-order chi connectivity index (χ0) is 20.4. The number of carbonyl (C=O) groups excluding carboxylic acids is 1. The van der Waals surface area contributed by atoms with E-state index >= 15 is 0 Å². The monoisotopic (exact) mass is 415 g/mol. The zero-order valence-corrected chi connectivity index (χ0v) is 18.8. The molecule has 1 amide bonds. The molecular weight excluding hydrogens is 382 g/mol. The van der Waals surface area contributed by atoms with Gasteiger partial charge in [0.25, 0.3) is 0 Å². The van der Waals surface area contributed by atoms with Crippen molar-refractivity contribution in [3.8, 4) is 0 Å². The molecule has 0 aliphatic carbocycles. The lowest BCUT2D eigenvalue weighted by Gasteiger charge is -2.33. The fraction of sp³-hybridized carbons (Fsp3) is 0.682. The van der Waals surface area contributed by atoms with Crippen molar-refractivity contribution in [1.82, 2.24) is 20.2 Å². The van der Waals surface area contributed by atoms with E-state index in [0.717, 1.165) is 75.0 Å². The highest BCUT2D eigenvalue weighted by molar-refractivity contribution is 7.18. The first kappa shape index (κ1) is 20.5. The van der Waals surface area contributed by atoms with Gasteiger partial charge in [-0.1, -0.05) is 6.92 Å². The number of amides is 1. The molecule has 6 nitrogen and oxygen atoms in total. The molecule has 2 aromatic rings. The van der Waals surface area contributed by atoms with Crippen LogP contribution in [0.25, 0.3) is 10.2 Å². The minimum absolute atomic E-state index is 0.0439. The van der Waals surface area contributed by atoms with Crippen molar-refractivity contribution < 1.29 is 4.79 Å². The second-order valence-corrected chi connectivity index (χ2v) is 9.69. The van der Waals surface area contributed by atoms with Crippen molar-refractivity contribution >= 4 is 33.3 Å². The van der Waals surface area contributed by atoms with Crippen LogP contribution < -0.4 is 10.2 Å². The number of piperidine rings is 1. The van der Waals surface area contributed by atoms with E-state index in [9.17, 15) is 4.79 Å². The number of hydrogen-bond acceptors (Lipinski definition) is 6. The van der Waals surface area contributed by atoms with Gasteiger partial charge in [0.1, 0.15) is 16.5 Å². The summed E-state index contributed by atoms with van der Waals surface area (Å²) in [5.74, 6) is 2.20. The molecule has 1 unspecified atom stereocenters. The molecule has 7 heteroatoms. The van der Waals surface area contributed by atoms with E-state index in [1.54, 1.807) is 11.3 Å². The average molecular weight is 416 g/mol. The van der Waals surface area contributed by atoms with Gasteiger partial charge in [0, 0.05) is 24.5 Å². The highest BCUT2D eigenvalue weighted by Gasteiger charge is 2.29. The van der Waals surface area contributed by atoms with E-state index in [0.29, 0.717) is 0 Å². The van der Waals surface area contributed by atoms with Gasteiger partial charge in [0.2, 0.25) is 5.91 Å². The number of carbonyl (C=O) groups is 1. The summed E-state index contributed by atoms with van der Waals surface area (Å²) < 4.78 is 0. The van der Waals surface area contributed by atoms with E-state index in [2.05, 4.69) is 35.9 Å². The minimum Gasteiger partial charge on any atom is -0.356 e. The maximum Gasteiger partial charge on any atom is 0.224 e. The highest BCUT2D eigenvalue weighted by Crippen LogP contribution is 2.36. The molecule has 0 spiro atoms. The molecule has 29 heavy (non-hydrogen) atoms. The molecule has 0 aromatic carbocycles. The zero-order valence-electron chi connectivity index (χ0n) is 18.0. The predicted octanol–water partition coefficient (Wildman–Crippen LogP) is 3.65. The number of nitrogens with zero attached hydrogens (tertiary/aromatic N) is 4. The van der Waals surface area contributed by atoms with Crippen LogP contribution in [-0.2, 0) is 11.3 Å². The second kappa shape index (κ2) is 8.96. The van der Waals surface area contributed by atoms with Crippen LogP contribution in [0.5, 0.6) is 0 Å². The average Bonchev–Trinajstić information content (AvgIpc) is 3.33. The molecule has 2 saturated heterocycles. The van der Waals surface area contributed by atoms with Gasteiger partial charge in [-0.2, -0.15) is 0 Å². The van der Waals surface area contributed by atoms with Crippen molar-refractivity contribution in [1.29, 1.82) is 0 Å². The number of aromatic nitrogens is 2. The second-order valence-electron chi connectivity index (χ2n) is 8.49. The molecule has 1 N–H and O–H groups in total. The Bertz CT molecular complexity index is 874. The lowest BCUT2D eigenvalue weighted by atomic mass is 9.96. The molecule has 2 aromatic heterocycles. The first-order valence-electron chi connectivity index (χ1n) is 11.1. The van der Waals surface area contributed by atoms with E-state index in [4.69, 9.17) is 9.97 Å². The molecule has 0 radical (unpaired) electrons. The molecular formula is C22H33N5OS. The number of thiophene rings is 1. The van der Waals surface area contributed by atoms with Crippen molar-refractivity contribution in [2.45, 2.75) is 59.4 Å². The third-order valence-corrected chi connectivity index (χ3v) is 7.36. The highest BCUT2D eigenvalue weighted by atomic mass is 32.1. The summed E-state index contributed by atoms with van der Waals surface area (Å²) in [6.07, 6.45) is 5.50. The number of anilines is 1. The van der Waals surface area contributed by atoms with Crippen molar-refractivity contribution in [2.24, 2.45) is 5.92 Å². The molecule has 0 bridgehead atoms. The molecule has 2 aliphatic heterocycles. The predicted molar refractivity (Wildman–Crippen MR) is 120 cm³/mol. The molecule has 4 rings (SSSR count). The normalized spacial score (nSPS) is 20.5. The number of hydrogen-bond donors (Lipinski definition) is 1. The Kier molecular flexibility index (Phi) is 6.35. The van der Waals surface area contributed by atoms with Crippen LogP contribution >= 0.6 is 11.3 Å². The number of nitrogens with one attached hydrogen (secondary N) is 1. The molecule has 4 heterocycles. The molecule has 0 saturated carbocycles. The summed E-state index contributed by atoms with van der Waals surface area (Å²) in [5, 5.41) is 4.27. The van der Waals surface area contributed by atoms with E-state index in [1.807, 2.05) is 0 Å². The Hall–Kier alpha value is -1.73. The van der Waals surface area contributed by atoms with Crippen LogP contribution in [-0.4, -0.2) is 53.5 Å². The standard InChI is InChI=1S/C22H33N5OS/c1-4-9-23-21(28)17-8-7-12-27(13-17)20-19-15(2)16(3)29-22(19)25-18(24-20)14-26-10-5-6-11-26/h17H,4-14H2,1-3H3,(H,23,28). The third-order valence-electron chi connectivity index (χ3n) is 6.26. The van der Waals surface area contributed by atoms with Crippen LogP contribution in [0.2, 0.25) is 0 Å². The SMILES string of the molecule is CCCNC(=O)C1CCCN(c2nc(CN3CCCC3)nc3sc(C)c(C)c23)C1. The van der Waals surface area contributed by atoms with Crippen molar-refractivity contribution in [3.63, 3.8) is 0 Å². The van der Waals surface area contributed by atoms with Gasteiger partial charge in [0.15, 0.2) is 0 Å². The Morgan fingerprint density at radius 2 is 1.97 bits per heavy atom. The van der Waals surface area contributed by atoms with Crippen LogP contribution in [0.4, 0.5) is 5.82 Å². The van der Waals surface area contributed by atoms with Crippen LogP contribution in [0.3, 0.4) is 0 Å². The van der Waals surface area contributed by atoms with Gasteiger partial charge in [-0.15, -0.1) is 11.3 Å². The number of rotatable bonds is 6. The number of likely N-dealkylation sites (tertiary alicyclic amines) is 1. The molecule has 1 atom stereocenters. The maximum atomic E-state index is 12.6. The molecule has 158 valence electrons. The maximum absolute atomic E-state index is 12.6. The fourth-order valence-corrected chi connectivity index (χ4v) is 5.53. The summed E-state index contributed by atoms with van der Waals surface area (Å²) in [7, 11) is 0. The van der Waals surface area contributed by atoms with Gasteiger partial charge in [0.05, 0.1) is 17.8 Å². The summed E-state index contributed by atoms with van der Waals surface area (Å²) in [6.45, 7) is 12.0. The van der Waals surface area contributed by atoms with Gasteiger partial charge in [-0.3, -0.25) is 9.69 Å². The Morgan fingerprint density at radius 1 is 1.17 bits per heavy atom. The van der Waals surface area contributed by atoms with E-state index < -0.39 is 0 Å².